The van der Waals surface area contributed by atoms with E-state index in [4.69, 9.17) is 10.3 Å². The third-order valence-corrected chi connectivity index (χ3v) is 3.96. The largest absolute Gasteiger partial charge is 0.380 e. The number of nitrogen functional groups attached to an aromatic ring is 1. The van der Waals surface area contributed by atoms with E-state index in [0.29, 0.717) is 21.4 Å². The number of aromatic nitrogens is 1. The minimum absolute atomic E-state index is 0.271. The van der Waals surface area contributed by atoms with Crippen LogP contribution in [0.1, 0.15) is 0 Å². The Morgan fingerprint density at radius 1 is 0.952 bits per heavy atom. The predicted molar refractivity (Wildman–Crippen MR) is 87.1 cm³/mol. The van der Waals surface area contributed by atoms with Crippen LogP contribution < -0.4 is 5.73 Å². The lowest BCUT2D eigenvalue weighted by atomic mass is 10.0. The van der Waals surface area contributed by atoms with E-state index in [0.717, 1.165) is 10.0 Å². The summed E-state index contributed by atoms with van der Waals surface area (Å²) in [6, 6.07) is 12.1. The number of benzene rings is 2. The number of hydrogen-bond donors (Lipinski definition) is 1. The lowest BCUT2D eigenvalue weighted by Crippen LogP contribution is -1.89. The van der Waals surface area contributed by atoms with Crippen LogP contribution in [-0.4, -0.2) is 5.16 Å². The van der Waals surface area contributed by atoms with Crippen molar-refractivity contribution in [3.8, 4) is 22.5 Å². The molecule has 0 saturated carbocycles. The maximum Gasteiger partial charge on any atom is 0.177 e. The maximum atomic E-state index is 13.6. The Bertz CT molecular complexity index is 780. The normalized spacial score (nSPS) is 10.8. The molecule has 106 valence electrons. The number of hydrogen-bond acceptors (Lipinski definition) is 3. The molecule has 0 radical (unpaired) electrons. The van der Waals surface area contributed by atoms with Crippen LogP contribution in [0.4, 0.5) is 10.2 Å². The Morgan fingerprint density at radius 2 is 1.67 bits per heavy atom. The first-order valence-corrected chi connectivity index (χ1v) is 7.61. The second-order valence-electron chi connectivity index (χ2n) is 4.44. The lowest BCUT2D eigenvalue weighted by molar-refractivity contribution is 0.436. The highest BCUT2D eigenvalue weighted by atomic mass is 79.9. The molecule has 1 aromatic heterocycles. The summed E-state index contributed by atoms with van der Waals surface area (Å²) in [6.07, 6.45) is 0. The molecule has 21 heavy (non-hydrogen) atoms. The van der Waals surface area contributed by atoms with Gasteiger partial charge in [0, 0.05) is 14.5 Å². The van der Waals surface area contributed by atoms with Gasteiger partial charge < -0.3 is 10.3 Å². The fraction of sp³-hybridized carbons (Fsp3) is 0. The van der Waals surface area contributed by atoms with Crippen LogP contribution in [0.15, 0.2) is 55.9 Å². The van der Waals surface area contributed by atoms with Crippen LogP contribution in [0, 0.1) is 5.82 Å². The van der Waals surface area contributed by atoms with Gasteiger partial charge in [-0.15, -0.1) is 0 Å². The SMILES string of the molecule is Nc1noc(-c2cc(F)cc(Br)c2)c1-c1ccc(Br)cc1. The first kappa shape index (κ1) is 14.3. The molecule has 0 aliphatic rings. The molecule has 0 spiro atoms. The van der Waals surface area contributed by atoms with Crippen LogP contribution in [0.3, 0.4) is 0 Å². The summed E-state index contributed by atoms with van der Waals surface area (Å²) >= 11 is 6.65. The highest BCUT2D eigenvalue weighted by Gasteiger charge is 2.18. The first-order chi connectivity index (χ1) is 10.0. The molecule has 2 aromatic carbocycles. The molecule has 0 amide bonds. The number of nitrogens with zero attached hydrogens (tertiary/aromatic N) is 1. The van der Waals surface area contributed by atoms with Crippen LogP contribution in [0.25, 0.3) is 22.5 Å². The van der Waals surface area contributed by atoms with E-state index in [-0.39, 0.29) is 11.6 Å². The number of nitrogens with two attached hydrogens (primary N) is 1. The van der Waals surface area contributed by atoms with Gasteiger partial charge in [-0.25, -0.2) is 4.39 Å². The Balaban J connectivity index is 2.19. The molecule has 1 heterocycles. The molecule has 0 unspecified atom stereocenters. The Kier molecular flexibility index (Phi) is 3.82. The van der Waals surface area contributed by atoms with Crippen LogP contribution in [0.5, 0.6) is 0 Å². The van der Waals surface area contributed by atoms with E-state index in [1.54, 1.807) is 6.07 Å². The number of halogens is 3. The standard InChI is InChI=1S/C15H9Br2FN2O/c16-10-3-1-8(2-4-10)13-14(21-20-15(13)19)9-5-11(17)7-12(18)6-9/h1-7H,(H2,19,20). The van der Waals surface area contributed by atoms with Crippen molar-refractivity contribution in [2.75, 3.05) is 5.73 Å². The van der Waals surface area contributed by atoms with Gasteiger partial charge in [0.1, 0.15) is 5.82 Å². The quantitative estimate of drug-likeness (QED) is 0.626. The van der Waals surface area contributed by atoms with Crippen LogP contribution >= 0.6 is 31.9 Å². The summed E-state index contributed by atoms with van der Waals surface area (Å²) in [7, 11) is 0. The van der Waals surface area contributed by atoms with Gasteiger partial charge in [0.25, 0.3) is 0 Å². The molecule has 3 nitrogen and oxygen atoms in total. The second-order valence-corrected chi connectivity index (χ2v) is 6.27. The topological polar surface area (TPSA) is 52.0 Å². The summed E-state index contributed by atoms with van der Waals surface area (Å²) in [6.45, 7) is 0. The van der Waals surface area contributed by atoms with Crippen molar-refractivity contribution in [3.05, 3.63) is 57.2 Å². The molecular formula is C15H9Br2FN2O. The minimum atomic E-state index is -0.365. The summed E-state index contributed by atoms with van der Waals surface area (Å²) in [5, 5.41) is 3.80. The molecule has 0 aliphatic heterocycles. The Morgan fingerprint density at radius 3 is 2.33 bits per heavy atom. The Hall–Kier alpha value is -1.66. The molecule has 3 aromatic rings. The average molecular weight is 412 g/mol. The van der Waals surface area contributed by atoms with Gasteiger partial charge in [0.05, 0.1) is 5.56 Å². The molecule has 0 atom stereocenters. The van der Waals surface area contributed by atoms with Gasteiger partial charge in [-0.3, -0.25) is 0 Å². The van der Waals surface area contributed by atoms with E-state index in [1.807, 2.05) is 24.3 Å². The summed E-state index contributed by atoms with van der Waals surface area (Å²) < 4.78 is 20.5. The van der Waals surface area contributed by atoms with E-state index >= 15 is 0 Å². The minimum Gasteiger partial charge on any atom is -0.380 e. The smallest absolute Gasteiger partial charge is 0.177 e. The molecule has 0 aliphatic carbocycles. The molecule has 0 saturated heterocycles. The van der Waals surface area contributed by atoms with E-state index in [9.17, 15) is 4.39 Å². The van der Waals surface area contributed by atoms with Crippen molar-refractivity contribution < 1.29 is 8.91 Å². The third-order valence-electron chi connectivity index (χ3n) is 2.98. The van der Waals surface area contributed by atoms with Gasteiger partial charge in [-0.1, -0.05) is 49.1 Å². The van der Waals surface area contributed by atoms with Crippen molar-refractivity contribution in [2.24, 2.45) is 0 Å². The van der Waals surface area contributed by atoms with Gasteiger partial charge in [-0.05, 0) is 35.9 Å². The summed E-state index contributed by atoms with van der Waals surface area (Å²) in [5.74, 6) is 0.346. The zero-order valence-electron chi connectivity index (χ0n) is 10.6. The van der Waals surface area contributed by atoms with Crippen LogP contribution in [0.2, 0.25) is 0 Å². The van der Waals surface area contributed by atoms with Gasteiger partial charge in [0.2, 0.25) is 0 Å². The fourth-order valence-corrected chi connectivity index (χ4v) is 2.81. The third kappa shape index (κ3) is 2.87. The van der Waals surface area contributed by atoms with E-state index in [2.05, 4.69) is 37.0 Å². The summed E-state index contributed by atoms with van der Waals surface area (Å²) in [5.41, 5.74) is 7.98. The van der Waals surface area contributed by atoms with E-state index < -0.39 is 0 Å². The highest BCUT2D eigenvalue weighted by molar-refractivity contribution is 9.10. The van der Waals surface area contributed by atoms with Crippen LogP contribution in [-0.2, 0) is 0 Å². The van der Waals surface area contributed by atoms with Crippen molar-refractivity contribution in [3.63, 3.8) is 0 Å². The number of rotatable bonds is 2. The zero-order valence-corrected chi connectivity index (χ0v) is 13.8. The molecule has 2 N–H and O–H groups in total. The number of anilines is 1. The van der Waals surface area contributed by atoms with Crippen molar-refractivity contribution in [2.45, 2.75) is 0 Å². The first-order valence-electron chi connectivity index (χ1n) is 6.02. The van der Waals surface area contributed by atoms with Crippen molar-refractivity contribution in [1.82, 2.24) is 5.16 Å². The lowest BCUT2D eigenvalue weighted by Gasteiger charge is -2.04. The fourth-order valence-electron chi connectivity index (χ4n) is 2.08. The second kappa shape index (κ2) is 5.61. The Labute approximate surface area is 137 Å². The van der Waals surface area contributed by atoms with Crippen molar-refractivity contribution in [1.29, 1.82) is 0 Å². The molecule has 0 fully saturated rings. The zero-order chi connectivity index (χ0) is 15.0. The molecule has 6 heteroatoms. The highest BCUT2D eigenvalue weighted by Crippen LogP contribution is 2.38. The molecule has 3 rings (SSSR count). The van der Waals surface area contributed by atoms with Gasteiger partial charge in [0.15, 0.2) is 11.6 Å². The van der Waals surface area contributed by atoms with Gasteiger partial charge in [-0.2, -0.15) is 0 Å². The summed E-state index contributed by atoms with van der Waals surface area (Å²) in [4.78, 5) is 0. The predicted octanol–water partition coefficient (Wildman–Crippen LogP) is 5.25. The maximum absolute atomic E-state index is 13.6. The average Bonchev–Trinajstić information content (AvgIpc) is 2.80. The monoisotopic (exact) mass is 410 g/mol. The van der Waals surface area contributed by atoms with E-state index in [1.165, 1.54) is 12.1 Å². The van der Waals surface area contributed by atoms with Gasteiger partial charge >= 0.3 is 0 Å². The molecule has 0 bridgehead atoms. The molecular weight excluding hydrogens is 403 g/mol. The van der Waals surface area contributed by atoms with Crippen molar-refractivity contribution >= 4 is 37.7 Å².